The summed E-state index contributed by atoms with van der Waals surface area (Å²) in [5, 5.41) is 5.85. The lowest BCUT2D eigenvalue weighted by Gasteiger charge is -2.31. The number of hydrogen-bond acceptors (Lipinski definition) is 3. The molecule has 1 saturated heterocycles. The average Bonchev–Trinajstić information content (AvgIpc) is 3.01. The summed E-state index contributed by atoms with van der Waals surface area (Å²) in [6, 6.07) is 7.62. The molecule has 0 radical (unpaired) electrons. The number of likely N-dealkylation sites (tertiary alicyclic amines) is 1. The molecule has 1 atom stereocenters. The predicted molar refractivity (Wildman–Crippen MR) is 89.4 cm³/mol. The molecule has 0 bridgehead atoms. The Balaban J connectivity index is 1.88. The van der Waals surface area contributed by atoms with Crippen molar-refractivity contribution in [1.29, 1.82) is 0 Å². The van der Waals surface area contributed by atoms with Crippen molar-refractivity contribution in [2.75, 3.05) is 32.1 Å². The molecule has 1 fully saturated rings. The monoisotopic (exact) mass is 305 g/mol. The van der Waals surface area contributed by atoms with Gasteiger partial charge in [0.05, 0.1) is 12.8 Å². The fourth-order valence-electron chi connectivity index (χ4n) is 2.97. The van der Waals surface area contributed by atoms with Crippen molar-refractivity contribution < 1.29 is 9.53 Å². The van der Waals surface area contributed by atoms with Gasteiger partial charge >= 0.3 is 6.03 Å². The van der Waals surface area contributed by atoms with Gasteiger partial charge in [-0.25, -0.2) is 4.79 Å². The van der Waals surface area contributed by atoms with Gasteiger partial charge in [-0.2, -0.15) is 0 Å². The van der Waals surface area contributed by atoms with Crippen LogP contribution in [0.4, 0.5) is 10.5 Å². The molecule has 0 saturated carbocycles. The van der Waals surface area contributed by atoms with E-state index in [1.165, 1.54) is 12.8 Å². The van der Waals surface area contributed by atoms with Crippen LogP contribution in [0.5, 0.6) is 5.75 Å². The van der Waals surface area contributed by atoms with Gasteiger partial charge in [0.1, 0.15) is 5.75 Å². The van der Waals surface area contributed by atoms with Gasteiger partial charge in [0.15, 0.2) is 0 Å². The fourth-order valence-corrected chi connectivity index (χ4v) is 2.97. The Morgan fingerprint density at radius 2 is 1.95 bits per heavy atom. The van der Waals surface area contributed by atoms with Crippen LogP contribution >= 0.6 is 0 Å². The second-order valence-electron chi connectivity index (χ2n) is 6.09. The summed E-state index contributed by atoms with van der Waals surface area (Å²) < 4.78 is 5.24. The van der Waals surface area contributed by atoms with E-state index in [-0.39, 0.29) is 6.03 Å². The zero-order valence-corrected chi connectivity index (χ0v) is 13.8. The van der Waals surface area contributed by atoms with Crippen LogP contribution in [0, 0.1) is 5.92 Å². The van der Waals surface area contributed by atoms with Crippen molar-refractivity contribution >= 4 is 11.7 Å². The van der Waals surface area contributed by atoms with Crippen molar-refractivity contribution in [1.82, 2.24) is 10.2 Å². The number of carbonyl (C=O) groups excluding carboxylic acids is 1. The Labute approximate surface area is 133 Å². The molecule has 2 rings (SSSR count). The molecule has 5 nitrogen and oxygen atoms in total. The second-order valence-corrected chi connectivity index (χ2v) is 6.09. The van der Waals surface area contributed by atoms with Gasteiger partial charge in [-0.3, -0.25) is 4.90 Å². The Kier molecular flexibility index (Phi) is 6.07. The first-order chi connectivity index (χ1) is 10.6. The van der Waals surface area contributed by atoms with Gasteiger partial charge in [0.25, 0.3) is 0 Å². The third-order valence-electron chi connectivity index (χ3n) is 4.21. The van der Waals surface area contributed by atoms with Gasteiger partial charge in [-0.1, -0.05) is 26.0 Å². The number of carbonyl (C=O) groups is 1. The topological polar surface area (TPSA) is 53.6 Å². The minimum atomic E-state index is -0.186. The highest BCUT2D eigenvalue weighted by Crippen LogP contribution is 2.23. The van der Waals surface area contributed by atoms with Crippen molar-refractivity contribution in [3.05, 3.63) is 24.3 Å². The lowest BCUT2D eigenvalue weighted by Crippen LogP contribution is -2.46. The van der Waals surface area contributed by atoms with E-state index < -0.39 is 0 Å². The average molecular weight is 305 g/mol. The third-order valence-corrected chi connectivity index (χ3v) is 4.21. The van der Waals surface area contributed by atoms with E-state index in [2.05, 4.69) is 29.4 Å². The van der Waals surface area contributed by atoms with E-state index >= 15 is 0 Å². The van der Waals surface area contributed by atoms with Gasteiger partial charge in [0, 0.05) is 12.6 Å². The number of benzene rings is 1. The first kappa shape index (κ1) is 16.6. The smallest absolute Gasteiger partial charge is 0.319 e. The largest absolute Gasteiger partial charge is 0.495 e. The molecule has 122 valence electrons. The molecule has 1 aliphatic rings. The highest BCUT2D eigenvalue weighted by Gasteiger charge is 2.24. The molecule has 0 aliphatic carbocycles. The quantitative estimate of drug-likeness (QED) is 0.849. The number of ether oxygens (including phenoxy) is 1. The maximum atomic E-state index is 12.1. The maximum absolute atomic E-state index is 12.1. The molecule has 22 heavy (non-hydrogen) atoms. The predicted octanol–water partition coefficient (Wildman–Crippen LogP) is 2.94. The summed E-state index contributed by atoms with van der Waals surface area (Å²) in [5.74, 6) is 1.18. The number of urea groups is 1. The van der Waals surface area contributed by atoms with E-state index in [1.807, 2.05) is 24.3 Å². The van der Waals surface area contributed by atoms with E-state index in [4.69, 9.17) is 4.74 Å². The molecule has 0 aromatic heterocycles. The van der Waals surface area contributed by atoms with Crippen LogP contribution in [0.1, 0.15) is 26.7 Å². The molecule has 0 spiro atoms. The third kappa shape index (κ3) is 4.37. The normalized spacial score (nSPS) is 16.5. The standard InChI is InChI=1S/C17H27N3O2/c1-13(2)15(20-10-6-7-11-20)12-18-17(21)19-14-8-4-5-9-16(14)22-3/h4-5,8-9,13,15H,6-7,10-12H2,1-3H3,(H2,18,19,21)/t15-/m0/s1. The number of rotatable bonds is 6. The SMILES string of the molecule is COc1ccccc1NC(=O)NC[C@@H](C(C)C)N1CCCC1. The number of nitrogens with zero attached hydrogens (tertiary/aromatic N) is 1. The molecule has 2 amide bonds. The summed E-state index contributed by atoms with van der Waals surface area (Å²) in [7, 11) is 1.60. The number of anilines is 1. The van der Waals surface area contributed by atoms with Crippen molar-refractivity contribution in [3.8, 4) is 5.75 Å². The Bertz CT molecular complexity index is 485. The van der Waals surface area contributed by atoms with E-state index in [0.29, 0.717) is 29.9 Å². The van der Waals surface area contributed by atoms with E-state index in [0.717, 1.165) is 13.1 Å². The van der Waals surface area contributed by atoms with Crippen molar-refractivity contribution in [2.24, 2.45) is 5.92 Å². The van der Waals surface area contributed by atoms with Gasteiger partial charge in [-0.05, 0) is 44.0 Å². The summed E-state index contributed by atoms with van der Waals surface area (Å²) in [6.07, 6.45) is 2.52. The zero-order chi connectivity index (χ0) is 15.9. The van der Waals surface area contributed by atoms with Crippen molar-refractivity contribution in [2.45, 2.75) is 32.7 Å². The number of para-hydroxylation sites is 2. The minimum absolute atomic E-state index is 0.186. The summed E-state index contributed by atoms with van der Waals surface area (Å²) in [5.41, 5.74) is 0.685. The van der Waals surface area contributed by atoms with Crippen LogP contribution in [-0.2, 0) is 0 Å². The molecule has 1 aromatic carbocycles. The first-order valence-corrected chi connectivity index (χ1v) is 8.03. The Morgan fingerprint density at radius 3 is 2.59 bits per heavy atom. The zero-order valence-electron chi connectivity index (χ0n) is 13.8. The molecule has 1 heterocycles. The molecule has 2 N–H and O–H groups in total. The van der Waals surface area contributed by atoms with Crippen LogP contribution in [0.3, 0.4) is 0 Å². The molecule has 1 aliphatic heterocycles. The molecule has 5 heteroatoms. The lowest BCUT2D eigenvalue weighted by molar-refractivity contribution is 0.186. The molecule has 0 unspecified atom stereocenters. The minimum Gasteiger partial charge on any atom is -0.495 e. The summed E-state index contributed by atoms with van der Waals surface area (Å²) >= 11 is 0. The van der Waals surface area contributed by atoms with Crippen LogP contribution in [0.15, 0.2) is 24.3 Å². The van der Waals surface area contributed by atoms with Crippen LogP contribution in [-0.4, -0.2) is 43.7 Å². The van der Waals surface area contributed by atoms with Gasteiger partial charge in [0.2, 0.25) is 0 Å². The first-order valence-electron chi connectivity index (χ1n) is 8.03. The Hall–Kier alpha value is -1.75. The van der Waals surface area contributed by atoms with Gasteiger partial charge < -0.3 is 15.4 Å². The second kappa shape index (κ2) is 8.03. The Morgan fingerprint density at radius 1 is 1.27 bits per heavy atom. The highest BCUT2D eigenvalue weighted by atomic mass is 16.5. The van der Waals surface area contributed by atoms with Crippen LogP contribution < -0.4 is 15.4 Å². The number of amides is 2. The number of hydrogen-bond donors (Lipinski definition) is 2. The molecular weight excluding hydrogens is 278 g/mol. The van der Waals surface area contributed by atoms with Crippen LogP contribution in [0.2, 0.25) is 0 Å². The maximum Gasteiger partial charge on any atom is 0.319 e. The number of nitrogens with one attached hydrogen (secondary N) is 2. The molecule has 1 aromatic rings. The summed E-state index contributed by atoms with van der Waals surface area (Å²) in [6.45, 7) is 7.36. The lowest BCUT2D eigenvalue weighted by atomic mass is 10.0. The highest BCUT2D eigenvalue weighted by molar-refractivity contribution is 5.90. The van der Waals surface area contributed by atoms with E-state index in [9.17, 15) is 4.79 Å². The fraction of sp³-hybridized carbons (Fsp3) is 0.588. The van der Waals surface area contributed by atoms with Crippen LogP contribution in [0.25, 0.3) is 0 Å². The van der Waals surface area contributed by atoms with Crippen molar-refractivity contribution in [3.63, 3.8) is 0 Å². The summed E-state index contributed by atoms with van der Waals surface area (Å²) in [4.78, 5) is 14.6. The number of methoxy groups -OCH3 is 1. The van der Waals surface area contributed by atoms with E-state index in [1.54, 1.807) is 7.11 Å². The van der Waals surface area contributed by atoms with Gasteiger partial charge in [-0.15, -0.1) is 0 Å². The molecular formula is C17H27N3O2.